The zero-order chi connectivity index (χ0) is 10.3. The highest BCUT2D eigenvalue weighted by Gasteiger charge is 2.43. The first kappa shape index (κ1) is 9.97. The zero-order valence-electron chi connectivity index (χ0n) is 9.34. The Hall–Kier alpha value is -0.570. The smallest absolute Gasteiger partial charge is 0.224 e. The summed E-state index contributed by atoms with van der Waals surface area (Å²) in [7, 11) is 1.88. The van der Waals surface area contributed by atoms with Gasteiger partial charge >= 0.3 is 0 Å². The van der Waals surface area contributed by atoms with Crippen LogP contribution in [0.25, 0.3) is 0 Å². The van der Waals surface area contributed by atoms with Gasteiger partial charge in [-0.2, -0.15) is 0 Å². The van der Waals surface area contributed by atoms with Gasteiger partial charge < -0.3 is 10.2 Å². The molecule has 0 aromatic carbocycles. The Morgan fingerprint density at radius 2 is 2.21 bits per heavy atom. The largest absolute Gasteiger partial charge is 0.344 e. The van der Waals surface area contributed by atoms with Gasteiger partial charge in [0.05, 0.1) is 0 Å². The average Bonchev–Trinajstić information content (AvgIpc) is 2.77. The van der Waals surface area contributed by atoms with E-state index < -0.39 is 0 Å². The molecule has 0 bridgehead atoms. The molecule has 2 rings (SSSR count). The van der Waals surface area contributed by atoms with Crippen molar-refractivity contribution >= 4 is 5.91 Å². The SMILES string of the molecule is CC(NC1CC(=O)N(C)C1)C1(C)CC1. The highest BCUT2D eigenvalue weighted by Crippen LogP contribution is 2.48. The zero-order valence-corrected chi connectivity index (χ0v) is 9.34. The molecule has 1 aliphatic carbocycles. The number of hydrogen-bond donors (Lipinski definition) is 1. The Morgan fingerprint density at radius 3 is 2.64 bits per heavy atom. The fraction of sp³-hybridized carbons (Fsp3) is 0.909. The van der Waals surface area contributed by atoms with Crippen LogP contribution >= 0.6 is 0 Å². The normalized spacial score (nSPS) is 32.1. The Labute approximate surface area is 85.8 Å². The Morgan fingerprint density at radius 1 is 1.57 bits per heavy atom. The summed E-state index contributed by atoms with van der Waals surface area (Å²) in [5, 5.41) is 3.58. The lowest BCUT2D eigenvalue weighted by molar-refractivity contribution is -0.126. The lowest BCUT2D eigenvalue weighted by Crippen LogP contribution is -2.42. The molecule has 14 heavy (non-hydrogen) atoms. The van der Waals surface area contributed by atoms with Crippen LogP contribution in [0.2, 0.25) is 0 Å². The number of carbonyl (C=O) groups excluding carboxylic acids is 1. The molecule has 1 aliphatic heterocycles. The quantitative estimate of drug-likeness (QED) is 0.730. The van der Waals surface area contributed by atoms with Crippen LogP contribution in [-0.2, 0) is 4.79 Å². The Kier molecular flexibility index (Phi) is 2.30. The van der Waals surface area contributed by atoms with Crippen LogP contribution < -0.4 is 5.32 Å². The Balaban J connectivity index is 1.84. The fourth-order valence-corrected chi connectivity index (χ4v) is 2.16. The number of carbonyl (C=O) groups is 1. The predicted octanol–water partition coefficient (Wildman–Crippen LogP) is 0.995. The van der Waals surface area contributed by atoms with Crippen LogP contribution in [0.1, 0.15) is 33.1 Å². The number of amides is 1. The van der Waals surface area contributed by atoms with Crippen molar-refractivity contribution in [3.8, 4) is 0 Å². The molecule has 80 valence electrons. The van der Waals surface area contributed by atoms with Crippen LogP contribution in [0, 0.1) is 5.41 Å². The van der Waals surface area contributed by atoms with Gasteiger partial charge in [-0.05, 0) is 25.2 Å². The molecule has 1 heterocycles. The van der Waals surface area contributed by atoms with E-state index in [0.29, 0.717) is 23.9 Å². The second-order valence-electron chi connectivity index (χ2n) is 5.22. The molecule has 0 aromatic heterocycles. The van der Waals surface area contributed by atoms with Gasteiger partial charge in [0.25, 0.3) is 0 Å². The molecule has 1 N–H and O–H groups in total. The van der Waals surface area contributed by atoms with E-state index in [1.165, 1.54) is 12.8 Å². The molecule has 1 saturated carbocycles. The minimum absolute atomic E-state index is 0.274. The van der Waals surface area contributed by atoms with Gasteiger partial charge in [-0.15, -0.1) is 0 Å². The van der Waals surface area contributed by atoms with Gasteiger partial charge in [-0.3, -0.25) is 4.79 Å². The first-order valence-corrected chi connectivity index (χ1v) is 5.51. The molecule has 2 atom stereocenters. The monoisotopic (exact) mass is 196 g/mol. The van der Waals surface area contributed by atoms with Gasteiger partial charge in [0.2, 0.25) is 5.91 Å². The molecular weight excluding hydrogens is 176 g/mol. The van der Waals surface area contributed by atoms with Crippen molar-refractivity contribution in [3.05, 3.63) is 0 Å². The van der Waals surface area contributed by atoms with Crippen molar-refractivity contribution in [2.24, 2.45) is 5.41 Å². The number of nitrogens with one attached hydrogen (secondary N) is 1. The maximum absolute atomic E-state index is 11.3. The van der Waals surface area contributed by atoms with E-state index in [0.717, 1.165) is 6.54 Å². The topological polar surface area (TPSA) is 32.3 Å². The second-order valence-corrected chi connectivity index (χ2v) is 5.22. The molecule has 1 saturated heterocycles. The van der Waals surface area contributed by atoms with Crippen LogP contribution in [0.3, 0.4) is 0 Å². The van der Waals surface area contributed by atoms with Gasteiger partial charge in [-0.1, -0.05) is 6.92 Å². The lowest BCUT2D eigenvalue weighted by atomic mass is 10.00. The lowest BCUT2D eigenvalue weighted by Gasteiger charge is -2.24. The predicted molar refractivity (Wildman–Crippen MR) is 56.0 cm³/mol. The molecule has 0 aromatic rings. The van der Waals surface area contributed by atoms with Crippen LogP contribution in [-0.4, -0.2) is 36.5 Å². The summed E-state index contributed by atoms with van der Waals surface area (Å²) in [4.78, 5) is 13.1. The fourth-order valence-electron chi connectivity index (χ4n) is 2.16. The number of likely N-dealkylation sites (tertiary alicyclic amines) is 1. The molecule has 0 radical (unpaired) electrons. The Bertz CT molecular complexity index is 248. The number of rotatable bonds is 3. The molecule has 2 aliphatic rings. The van der Waals surface area contributed by atoms with Crippen molar-refractivity contribution in [2.75, 3.05) is 13.6 Å². The van der Waals surface area contributed by atoms with E-state index in [-0.39, 0.29) is 5.91 Å². The summed E-state index contributed by atoms with van der Waals surface area (Å²) in [6.07, 6.45) is 3.34. The van der Waals surface area contributed by atoms with E-state index in [1.807, 2.05) is 11.9 Å². The van der Waals surface area contributed by atoms with Crippen molar-refractivity contribution in [2.45, 2.75) is 45.2 Å². The molecule has 2 fully saturated rings. The first-order chi connectivity index (χ1) is 6.51. The second kappa shape index (κ2) is 3.23. The first-order valence-electron chi connectivity index (χ1n) is 5.51. The molecule has 2 unspecified atom stereocenters. The number of nitrogens with zero attached hydrogens (tertiary/aromatic N) is 1. The van der Waals surface area contributed by atoms with Crippen LogP contribution in [0.4, 0.5) is 0 Å². The summed E-state index contributed by atoms with van der Waals surface area (Å²) in [5.74, 6) is 0.274. The van der Waals surface area contributed by atoms with Gasteiger partial charge in [0.1, 0.15) is 0 Å². The van der Waals surface area contributed by atoms with Gasteiger partial charge in [-0.25, -0.2) is 0 Å². The summed E-state index contributed by atoms with van der Waals surface area (Å²) in [6, 6.07) is 0.923. The van der Waals surface area contributed by atoms with Crippen molar-refractivity contribution in [1.29, 1.82) is 0 Å². The van der Waals surface area contributed by atoms with E-state index in [2.05, 4.69) is 19.2 Å². The van der Waals surface area contributed by atoms with Crippen LogP contribution in [0.15, 0.2) is 0 Å². The summed E-state index contributed by atoms with van der Waals surface area (Å²) in [5.41, 5.74) is 0.504. The van der Waals surface area contributed by atoms with Crippen molar-refractivity contribution in [3.63, 3.8) is 0 Å². The minimum atomic E-state index is 0.274. The molecule has 1 amide bonds. The molecule has 3 nitrogen and oxygen atoms in total. The van der Waals surface area contributed by atoms with E-state index >= 15 is 0 Å². The van der Waals surface area contributed by atoms with E-state index in [9.17, 15) is 4.79 Å². The standard InChI is InChI=1S/C11H20N2O/c1-8(11(2)4-5-11)12-9-6-10(14)13(3)7-9/h8-9,12H,4-7H2,1-3H3. The average molecular weight is 196 g/mol. The highest BCUT2D eigenvalue weighted by molar-refractivity contribution is 5.78. The molecular formula is C11H20N2O. The third-order valence-electron chi connectivity index (χ3n) is 3.91. The van der Waals surface area contributed by atoms with E-state index in [1.54, 1.807) is 0 Å². The van der Waals surface area contributed by atoms with Crippen LogP contribution in [0.5, 0.6) is 0 Å². The summed E-state index contributed by atoms with van der Waals surface area (Å²) in [6.45, 7) is 5.44. The third-order valence-corrected chi connectivity index (χ3v) is 3.91. The third kappa shape index (κ3) is 1.78. The molecule has 3 heteroatoms. The summed E-state index contributed by atoms with van der Waals surface area (Å²) < 4.78 is 0. The maximum Gasteiger partial charge on any atom is 0.224 e. The highest BCUT2D eigenvalue weighted by atomic mass is 16.2. The summed E-state index contributed by atoms with van der Waals surface area (Å²) >= 11 is 0. The van der Waals surface area contributed by atoms with E-state index in [4.69, 9.17) is 0 Å². The van der Waals surface area contributed by atoms with Crippen molar-refractivity contribution in [1.82, 2.24) is 10.2 Å². The maximum atomic E-state index is 11.3. The van der Waals surface area contributed by atoms with Gasteiger partial charge in [0.15, 0.2) is 0 Å². The number of hydrogen-bond acceptors (Lipinski definition) is 2. The minimum Gasteiger partial charge on any atom is -0.344 e. The van der Waals surface area contributed by atoms with Crippen molar-refractivity contribution < 1.29 is 4.79 Å². The molecule has 0 spiro atoms. The number of likely N-dealkylation sites (N-methyl/N-ethyl adjacent to an activating group) is 1. The van der Waals surface area contributed by atoms with Gasteiger partial charge in [0, 0.05) is 32.1 Å².